The van der Waals surface area contributed by atoms with Gasteiger partial charge in [-0.2, -0.15) is 26.7 Å². The number of hydrogen-bond acceptors (Lipinski definition) is 4. The van der Waals surface area contributed by atoms with E-state index in [2.05, 4.69) is 11.7 Å². The second-order valence-corrected chi connectivity index (χ2v) is 7.67. The maximum absolute atomic E-state index is 12.8. The lowest BCUT2D eigenvalue weighted by Gasteiger charge is -2.20. The molecule has 2 aromatic rings. The number of nitrogens with one attached hydrogen (secondary N) is 1. The van der Waals surface area contributed by atoms with Crippen LogP contribution in [0.4, 0.5) is 24.5 Å². The maximum atomic E-state index is 12.8. The molecule has 1 N–H and O–H groups in total. The Morgan fingerprint density at radius 1 is 1.17 bits per heavy atom. The highest BCUT2D eigenvalue weighted by molar-refractivity contribution is 7.93. The second-order valence-electron chi connectivity index (χ2n) is 5.99. The number of hydrogen-bond donors (Lipinski definition) is 1. The van der Waals surface area contributed by atoms with Crippen molar-refractivity contribution in [3.05, 3.63) is 72.3 Å². The Balaban J connectivity index is 0.00000218. The molecule has 0 spiro atoms. The van der Waals surface area contributed by atoms with Crippen LogP contribution in [0.25, 0.3) is 0 Å². The van der Waals surface area contributed by atoms with E-state index in [1.54, 1.807) is 35.7 Å². The van der Waals surface area contributed by atoms with Gasteiger partial charge in [0.2, 0.25) is 0 Å². The van der Waals surface area contributed by atoms with E-state index in [-0.39, 0.29) is 11.3 Å². The van der Waals surface area contributed by atoms with Gasteiger partial charge < -0.3 is 0 Å². The lowest BCUT2D eigenvalue weighted by atomic mass is 10.1. The standard InChI is InChI=1S/C19H20F3N3O2S.C2H6/c1-4-12-25(16-8-6-5-7-9-16)23-15(3)17-13-14(2)10-11-18(17)24-28(26,27)19(20,21)22;1-2/h4-11,13,24H,1,12H2,2-3H3;1-2H3/b23-15+;. The van der Waals surface area contributed by atoms with Crippen molar-refractivity contribution in [2.75, 3.05) is 16.3 Å². The summed E-state index contributed by atoms with van der Waals surface area (Å²) in [4.78, 5) is 0. The van der Waals surface area contributed by atoms with Crippen molar-refractivity contribution in [3.63, 3.8) is 0 Å². The zero-order valence-electron chi connectivity index (χ0n) is 17.4. The van der Waals surface area contributed by atoms with Crippen LogP contribution in [-0.4, -0.2) is 26.2 Å². The summed E-state index contributed by atoms with van der Waals surface area (Å²) in [6.07, 6.45) is 1.63. The minimum Gasteiger partial charge on any atom is -0.275 e. The van der Waals surface area contributed by atoms with Gasteiger partial charge in [-0.05, 0) is 38.1 Å². The first-order chi connectivity index (χ1) is 14.0. The molecular weight excluding hydrogens is 415 g/mol. The summed E-state index contributed by atoms with van der Waals surface area (Å²) in [5.41, 5.74) is -3.52. The predicted molar refractivity (Wildman–Crippen MR) is 117 cm³/mol. The van der Waals surface area contributed by atoms with Crippen LogP contribution in [-0.2, 0) is 10.0 Å². The highest BCUT2D eigenvalue weighted by Crippen LogP contribution is 2.28. The van der Waals surface area contributed by atoms with E-state index in [0.717, 1.165) is 11.3 Å². The summed E-state index contributed by atoms with van der Waals surface area (Å²) in [6, 6.07) is 13.5. The van der Waals surface area contributed by atoms with Gasteiger partial charge in [0.25, 0.3) is 0 Å². The normalized spacial score (nSPS) is 11.9. The Hall–Kier alpha value is -2.81. The summed E-state index contributed by atoms with van der Waals surface area (Å²) < 4.78 is 63.0. The Labute approximate surface area is 176 Å². The minimum absolute atomic E-state index is 0.198. The van der Waals surface area contributed by atoms with Gasteiger partial charge in [0.05, 0.1) is 23.6 Å². The molecule has 164 valence electrons. The summed E-state index contributed by atoms with van der Waals surface area (Å²) in [7, 11) is -5.55. The van der Waals surface area contributed by atoms with E-state index in [4.69, 9.17) is 0 Å². The number of anilines is 2. The molecule has 0 aliphatic rings. The largest absolute Gasteiger partial charge is 0.516 e. The number of aryl methyl sites for hydroxylation is 1. The fourth-order valence-electron chi connectivity index (χ4n) is 2.41. The molecule has 0 aromatic heterocycles. The quantitative estimate of drug-likeness (QED) is 0.341. The number of halogens is 3. The van der Waals surface area contributed by atoms with Crippen LogP contribution in [0.3, 0.4) is 0 Å². The summed E-state index contributed by atoms with van der Waals surface area (Å²) in [5, 5.41) is 6.08. The number of alkyl halides is 3. The van der Waals surface area contributed by atoms with Gasteiger partial charge in [-0.25, -0.2) is 0 Å². The van der Waals surface area contributed by atoms with Gasteiger partial charge in [-0.1, -0.05) is 49.8 Å². The Bertz CT molecular complexity index is 973. The highest BCUT2D eigenvalue weighted by Gasteiger charge is 2.46. The maximum Gasteiger partial charge on any atom is 0.516 e. The number of sulfonamides is 1. The van der Waals surface area contributed by atoms with E-state index >= 15 is 0 Å². The smallest absolute Gasteiger partial charge is 0.275 e. The zero-order chi connectivity index (χ0) is 22.9. The molecule has 0 saturated heterocycles. The van der Waals surface area contributed by atoms with Crippen LogP contribution >= 0.6 is 0 Å². The third kappa shape index (κ3) is 6.62. The van der Waals surface area contributed by atoms with Crippen LogP contribution in [0.5, 0.6) is 0 Å². The number of nitrogens with zero attached hydrogens (tertiary/aromatic N) is 2. The van der Waals surface area contributed by atoms with E-state index in [1.807, 2.05) is 44.2 Å². The molecule has 0 aliphatic carbocycles. The molecule has 9 heteroatoms. The molecule has 0 heterocycles. The topological polar surface area (TPSA) is 61.8 Å². The van der Waals surface area contributed by atoms with Crippen molar-refractivity contribution in [2.45, 2.75) is 33.2 Å². The first-order valence-corrected chi connectivity index (χ1v) is 10.7. The van der Waals surface area contributed by atoms with Gasteiger partial charge in [0.15, 0.2) is 0 Å². The van der Waals surface area contributed by atoms with E-state index in [1.165, 1.54) is 12.1 Å². The van der Waals surface area contributed by atoms with Gasteiger partial charge in [-0.15, -0.1) is 6.58 Å². The fourth-order valence-corrected chi connectivity index (χ4v) is 2.99. The van der Waals surface area contributed by atoms with Crippen molar-refractivity contribution in [2.24, 2.45) is 5.10 Å². The van der Waals surface area contributed by atoms with Crippen LogP contribution in [0.15, 0.2) is 66.3 Å². The van der Waals surface area contributed by atoms with E-state index < -0.39 is 15.5 Å². The second kappa shape index (κ2) is 10.8. The third-order valence-electron chi connectivity index (χ3n) is 3.74. The first-order valence-electron chi connectivity index (χ1n) is 9.24. The molecule has 5 nitrogen and oxygen atoms in total. The van der Waals surface area contributed by atoms with Gasteiger partial charge in [-0.3, -0.25) is 9.73 Å². The monoisotopic (exact) mass is 441 g/mol. The molecule has 0 saturated carbocycles. The molecule has 0 aliphatic heterocycles. The zero-order valence-corrected chi connectivity index (χ0v) is 18.2. The summed E-state index contributed by atoms with van der Waals surface area (Å²) in [6.45, 7) is 11.4. The average Bonchev–Trinajstić information content (AvgIpc) is 2.70. The fraction of sp³-hybridized carbons (Fsp3) is 0.286. The lowest BCUT2D eigenvalue weighted by Crippen LogP contribution is -2.30. The van der Waals surface area contributed by atoms with Crippen molar-refractivity contribution in [1.82, 2.24) is 0 Å². The van der Waals surface area contributed by atoms with Gasteiger partial charge >= 0.3 is 15.5 Å². The van der Waals surface area contributed by atoms with Gasteiger partial charge in [0, 0.05) is 5.56 Å². The molecule has 2 rings (SSSR count). The number of hydrazone groups is 1. The predicted octanol–water partition coefficient (Wildman–Crippen LogP) is 5.70. The molecule has 0 fully saturated rings. The number of rotatable bonds is 7. The molecule has 2 aromatic carbocycles. The molecule has 0 amide bonds. The Kier molecular flexibility index (Phi) is 9.10. The molecule has 0 bridgehead atoms. The highest BCUT2D eigenvalue weighted by atomic mass is 32.2. The third-order valence-corrected chi connectivity index (χ3v) is 4.84. The van der Waals surface area contributed by atoms with Gasteiger partial charge in [0.1, 0.15) is 0 Å². The van der Waals surface area contributed by atoms with Crippen LogP contribution < -0.4 is 9.73 Å². The van der Waals surface area contributed by atoms with Crippen LogP contribution in [0, 0.1) is 6.92 Å². The van der Waals surface area contributed by atoms with Crippen molar-refractivity contribution >= 4 is 27.1 Å². The number of benzene rings is 2. The van der Waals surface area contributed by atoms with Crippen molar-refractivity contribution in [3.8, 4) is 0 Å². The molecule has 0 unspecified atom stereocenters. The van der Waals surface area contributed by atoms with Crippen LogP contribution in [0.2, 0.25) is 0 Å². The first kappa shape index (κ1) is 25.2. The van der Waals surface area contributed by atoms with Crippen molar-refractivity contribution < 1.29 is 21.6 Å². The number of para-hydroxylation sites is 1. The Morgan fingerprint density at radius 3 is 2.30 bits per heavy atom. The van der Waals surface area contributed by atoms with Crippen molar-refractivity contribution in [1.29, 1.82) is 0 Å². The summed E-state index contributed by atoms with van der Waals surface area (Å²) in [5.74, 6) is 0. The molecule has 0 radical (unpaired) electrons. The SMILES string of the molecule is C=CCN(/N=C(\C)c1cc(C)ccc1NS(=O)(=O)C(F)(F)F)c1ccccc1.CC. The minimum atomic E-state index is -5.55. The molecular formula is C21H26F3N3O2S. The van der Waals surface area contributed by atoms with E-state index in [9.17, 15) is 21.6 Å². The Morgan fingerprint density at radius 2 is 1.77 bits per heavy atom. The lowest BCUT2D eigenvalue weighted by molar-refractivity contribution is -0.0429. The summed E-state index contributed by atoms with van der Waals surface area (Å²) >= 11 is 0. The molecule has 0 atom stereocenters. The van der Waals surface area contributed by atoms with E-state index in [0.29, 0.717) is 12.3 Å². The average molecular weight is 442 g/mol. The molecule has 30 heavy (non-hydrogen) atoms. The van der Waals surface area contributed by atoms with Crippen LogP contribution in [0.1, 0.15) is 31.9 Å².